The highest BCUT2D eigenvalue weighted by Gasteiger charge is 2.23. The third-order valence-electron chi connectivity index (χ3n) is 3.23. The summed E-state index contributed by atoms with van der Waals surface area (Å²) < 4.78 is 0. The number of hydrogen-bond acceptors (Lipinski definition) is 1. The Hall–Kier alpha value is -0.0400. The molecule has 0 saturated heterocycles. The zero-order chi connectivity index (χ0) is 11.9. The first kappa shape index (κ1) is 15.0. The first-order valence-electron chi connectivity index (χ1n) is 6.65. The van der Waals surface area contributed by atoms with Gasteiger partial charge in [-0.25, -0.2) is 0 Å². The highest BCUT2D eigenvalue weighted by atomic mass is 14.9. The van der Waals surface area contributed by atoms with Gasteiger partial charge in [-0.2, -0.15) is 0 Å². The standard InChI is InChI=1S/C14H31N/c1-7-9-12(3)10-11-13(15-8-2)14(4,5)6/h12-13,15H,7-11H2,1-6H3. The maximum Gasteiger partial charge on any atom is 0.0116 e. The second kappa shape index (κ2) is 7.27. The van der Waals surface area contributed by atoms with E-state index in [1.165, 1.54) is 25.7 Å². The number of nitrogens with one attached hydrogen (secondary N) is 1. The molecule has 0 aromatic rings. The van der Waals surface area contributed by atoms with Crippen molar-refractivity contribution in [2.75, 3.05) is 6.54 Å². The molecule has 0 heterocycles. The molecule has 0 aromatic heterocycles. The highest BCUT2D eigenvalue weighted by Crippen LogP contribution is 2.25. The predicted molar refractivity (Wildman–Crippen MR) is 70.2 cm³/mol. The van der Waals surface area contributed by atoms with Crippen molar-refractivity contribution in [3.63, 3.8) is 0 Å². The number of rotatable bonds is 7. The summed E-state index contributed by atoms with van der Waals surface area (Å²) in [5.74, 6) is 0.888. The summed E-state index contributed by atoms with van der Waals surface area (Å²) in [6.45, 7) is 15.0. The zero-order valence-corrected chi connectivity index (χ0v) is 11.7. The van der Waals surface area contributed by atoms with Gasteiger partial charge in [0.05, 0.1) is 0 Å². The Morgan fingerprint density at radius 1 is 1.00 bits per heavy atom. The molecule has 1 N–H and O–H groups in total. The van der Waals surface area contributed by atoms with Crippen LogP contribution in [0.4, 0.5) is 0 Å². The van der Waals surface area contributed by atoms with Crippen molar-refractivity contribution < 1.29 is 0 Å². The Morgan fingerprint density at radius 3 is 2.00 bits per heavy atom. The molecule has 0 aliphatic carbocycles. The van der Waals surface area contributed by atoms with E-state index in [2.05, 4.69) is 46.9 Å². The molecule has 0 bridgehead atoms. The maximum atomic E-state index is 3.62. The van der Waals surface area contributed by atoms with E-state index in [0.717, 1.165) is 12.5 Å². The summed E-state index contributed by atoms with van der Waals surface area (Å²) in [5, 5.41) is 3.62. The Morgan fingerprint density at radius 2 is 1.60 bits per heavy atom. The Kier molecular flexibility index (Phi) is 7.25. The van der Waals surface area contributed by atoms with Gasteiger partial charge in [0.15, 0.2) is 0 Å². The monoisotopic (exact) mass is 213 g/mol. The molecule has 0 spiro atoms. The van der Waals surface area contributed by atoms with Crippen LogP contribution in [0.1, 0.15) is 67.2 Å². The van der Waals surface area contributed by atoms with E-state index in [4.69, 9.17) is 0 Å². The summed E-state index contributed by atoms with van der Waals surface area (Å²) in [7, 11) is 0. The third-order valence-corrected chi connectivity index (χ3v) is 3.23. The van der Waals surface area contributed by atoms with E-state index in [1.54, 1.807) is 0 Å². The molecule has 2 unspecified atom stereocenters. The Bertz CT molecular complexity index is 146. The molecule has 0 saturated carbocycles. The molecule has 15 heavy (non-hydrogen) atoms. The van der Waals surface area contributed by atoms with Crippen molar-refractivity contribution in [3.05, 3.63) is 0 Å². The van der Waals surface area contributed by atoms with Crippen LogP contribution in [-0.4, -0.2) is 12.6 Å². The van der Waals surface area contributed by atoms with Crippen molar-refractivity contribution in [1.82, 2.24) is 5.32 Å². The van der Waals surface area contributed by atoms with Crippen LogP contribution in [0.2, 0.25) is 0 Å². The second-order valence-corrected chi connectivity index (χ2v) is 5.95. The van der Waals surface area contributed by atoms with E-state index >= 15 is 0 Å². The molecular formula is C14H31N. The van der Waals surface area contributed by atoms with Crippen molar-refractivity contribution in [1.29, 1.82) is 0 Å². The fourth-order valence-electron chi connectivity index (χ4n) is 2.18. The molecule has 0 aliphatic rings. The van der Waals surface area contributed by atoms with Gasteiger partial charge in [0.1, 0.15) is 0 Å². The SMILES string of the molecule is CCCC(C)CCC(NCC)C(C)(C)C. The fourth-order valence-corrected chi connectivity index (χ4v) is 2.18. The van der Waals surface area contributed by atoms with Gasteiger partial charge in [-0.15, -0.1) is 0 Å². The average molecular weight is 213 g/mol. The predicted octanol–water partition coefficient (Wildman–Crippen LogP) is 4.23. The van der Waals surface area contributed by atoms with Gasteiger partial charge in [0.2, 0.25) is 0 Å². The van der Waals surface area contributed by atoms with E-state index in [0.29, 0.717) is 11.5 Å². The van der Waals surface area contributed by atoms with Crippen LogP contribution in [0.3, 0.4) is 0 Å². The van der Waals surface area contributed by atoms with Crippen molar-refractivity contribution >= 4 is 0 Å². The molecule has 1 nitrogen and oxygen atoms in total. The molecule has 2 atom stereocenters. The first-order valence-corrected chi connectivity index (χ1v) is 6.65. The molecular weight excluding hydrogens is 182 g/mol. The quantitative estimate of drug-likeness (QED) is 0.667. The van der Waals surface area contributed by atoms with Gasteiger partial charge in [0, 0.05) is 6.04 Å². The van der Waals surface area contributed by atoms with Gasteiger partial charge in [0.25, 0.3) is 0 Å². The maximum absolute atomic E-state index is 3.62. The Balaban J connectivity index is 3.96. The third kappa shape index (κ3) is 6.94. The van der Waals surface area contributed by atoms with Crippen molar-refractivity contribution in [2.45, 2.75) is 73.3 Å². The minimum absolute atomic E-state index is 0.391. The molecule has 92 valence electrons. The van der Waals surface area contributed by atoms with Crippen LogP contribution in [0, 0.1) is 11.3 Å². The normalized spacial score (nSPS) is 16.4. The van der Waals surface area contributed by atoms with E-state index < -0.39 is 0 Å². The Labute approximate surface area is 97.0 Å². The lowest BCUT2D eigenvalue weighted by molar-refractivity contribution is 0.242. The van der Waals surface area contributed by atoms with E-state index in [9.17, 15) is 0 Å². The molecule has 0 aromatic carbocycles. The van der Waals surface area contributed by atoms with Crippen LogP contribution in [0.15, 0.2) is 0 Å². The molecule has 0 aliphatic heterocycles. The highest BCUT2D eigenvalue weighted by molar-refractivity contribution is 4.80. The lowest BCUT2D eigenvalue weighted by atomic mass is 9.82. The lowest BCUT2D eigenvalue weighted by Gasteiger charge is -2.32. The molecule has 0 amide bonds. The summed E-state index contributed by atoms with van der Waals surface area (Å²) >= 11 is 0. The number of hydrogen-bond donors (Lipinski definition) is 1. The molecule has 0 rings (SSSR count). The lowest BCUT2D eigenvalue weighted by Crippen LogP contribution is -2.40. The van der Waals surface area contributed by atoms with Crippen LogP contribution in [-0.2, 0) is 0 Å². The summed E-state index contributed by atoms with van der Waals surface area (Å²) in [6, 6.07) is 0.668. The zero-order valence-electron chi connectivity index (χ0n) is 11.7. The smallest absolute Gasteiger partial charge is 0.0116 e. The van der Waals surface area contributed by atoms with Gasteiger partial charge in [-0.1, -0.05) is 54.4 Å². The van der Waals surface area contributed by atoms with Gasteiger partial charge in [-0.05, 0) is 30.7 Å². The van der Waals surface area contributed by atoms with Crippen LogP contribution >= 0.6 is 0 Å². The van der Waals surface area contributed by atoms with Gasteiger partial charge in [-0.3, -0.25) is 0 Å². The minimum Gasteiger partial charge on any atom is -0.314 e. The fraction of sp³-hybridized carbons (Fsp3) is 1.00. The molecule has 1 heteroatoms. The summed E-state index contributed by atoms with van der Waals surface area (Å²) in [6.07, 6.45) is 5.38. The van der Waals surface area contributed by atoms with E-state index in [-0.39, 0.29) is 0 Å². The van der Waals surface area contributed by atoms with Crippen molar-refractivity contribution in [3.8, 4) is 0 Å². The van der Waals surface area contributed by atoms with Gasteiger partial charge >= 0.3 is 0 Å². The first-order chi connectivity index (χ1) is 6.91. The van der Waals surface area contributed by atoms with E-state index in [1.807, 2.05) is 0 Å². The largest absolute Gasteiger partial charge is 0.314 e. The van der Waals surface area contributed by atoms with Gasteiger partial charge < -0.3 is 5.32 Å². The minimum atomic E-state index is 0.391. The van der Waals surface area contributed by atoms with Crippen LogP contribution in [0.25, 0.3) is 0 Å². The van der Waals surface area contributed by atoms with Crippen LogP contribution < -0.4 is 5.32 Å². The molecule has 0 radical (unpaired) electrons. The summed E-state index contributed by atoms with van der Waals surface area (Å²) in [5.41, 5.74) is 0.391. The van der Waals surface area contributed by atoms with Crippen LogP contribution in [0.5, 0.6) is 0 Å². The average Bonchev–Trinajstić information content (AvgIpc) is 2.10. The summed E-state index contributed by atoms with van der Waals surface area (Å²) in [4.78, 5) is 0. The molecule has 0 fully saturated rings. The van der Waals surface area contributed by atoms with Crippen molar-refractivity contribution in [2.24, 2.45) is 11.3 Å². The second-order valence-electron chi connectivity index (χ2n) is 5.95. The topological polar surface area (TPSA) is 12.0 Å².